The van der Waals surface area contributed by atoms with E-state index in [9.17, 15) is 51.4 Å². The summed E-state index contributed by atoms with van der Waals surface area (Å²) >= 11 is 0. The van der Waals surface area contributed by atoms with Crippen LogP contribution >= 0.6 is 0 Å². The lowest BCUT2D eigenvalue weighted by molar-refractivity contribution is -0.160. The molecule has 0 spiro atoms. The molecule has 0 unspecified atom stereocenters. The number of nitrogens with one attached hydrogen (secondary N) is 2. The average Bonchev–Trinajstić information content (AvgIpc) is 3.98. The number of hydrogen-bond acceptors (Lipinski definition) is 13. The molecule has 18 nitrogen and oxygen atoms in total. The number of carbonyl (C=O) groups is 6. The fourth-order valence-electron chi connectivity index (χ4n) is 9.13. The number of morpholine rings is 2. The number of benzene rings is 4. The summed E-state index contributed by atoms with van der Waals surface area (Å²) in [7, 11) is 1.27. The van der Waals surface area contributed by atoms with Gasteiger partial charge in [-0.05, 0) is 46.5 Å². The summed E-state index contributed by atoms with van der Waals surface area (Å²) in [4.78, 5) is 94.0. The highest BCUT2D eigenvalue weighted by Gasteiger charge is 2.35. The Morgan fingerprint density at radius 2 is 0.973 bits per heavy atom. The van der Waals surface area contributed by atoms with Crippen LogP contribution in [-0.2, 0) is 72.2 Å². The maximum Gasteiger partial charge on any atom is 0.331 e. The van der Waals surface area contributed by atoms with Gasteiger partial charge in [0.1, 0.15) is 23.3 Å². The molecule has 2 saturated heterocycles. The van der Waals surface area contributed by atoms with Gasteiger partial charge in [0.25, 0.3) is 11.8 Å². The van der Waals surface area contributed by atoms with Gasteiger partial charge >= 0.3 is 11.9 Å². The van der Waals surface area contributed by atoms with Crippen molar-refractivity contribution in [1.29, 1.82) is 0 Å². The molecule has 22 heteroatoms. The topological polar surface area (TPSA) is 232 Å². The first-order valence-corrected chi connectivity index (χ1v) is 23.6. The molecule has 3 N–H and O–H groups in total. The van der Waals surface area contributed by atoms with Gasteiger partial charge in [-0.2, -0.15) is 0 Å². The molecule has 386 valence electrons. The van der Waals surface area contributed by atoms with E-state index in [1.807, 2.05) is 0 Å². The van der Waals surface area contributed by atoms with E-state index < -0.39 is 47.3 Å². The Morgan fingerprint density at radius 3 is 1.37 bits per heavy atom. The van der Waals surface area contributed by atoms with Crippen LogP contribution in [0.3, 0.4) is 0 Å². The van der Waals surface area contributed by atoms with E-state index in [-0.39, 0.29) is 117 Å². The number of amides is 4. The molecule has 0 aliphatic carbocycles. The number of halogens is 4. The zero-order chi connectivity index (χ0) is 52.9. The number of carbonyl (C=O) groups excluding carboxylic acids is 5. The second-order valence-electron chi connectivity index (χ2n) is 17.7. The average molecular weight is 1030 g/mol. The van der Waals surface area contributed by atoms with Crippen molar-refractivity contribution in [3.8, 4) is 22.8 Å². The number of esters is 1. The van der Waals surface area contributed by atoms with Crippen LogP contribution in [0.4, 0.5) is 17.6 Å². The SMILES string of the molecule is COC(=O)[C@@H]1COCCN1C(=O)Cc1ccc(Cc2nc(-c3c(F)cccc3F)nc3c2C(=O)NC3)cc1.O=C1NCc2nc(-c3c(F)cccc3F)nc(Cc3ccc(CC(=O)N4CCOC[C@H]4C(=O)O)cc3)c21. The zero-order valence-corrected chi connectivity index (χ0v) is 40.0. The molecule has 4 amide bonds. The monoisotopic (exact) mass is 1030 g/mol. The lowest BCUT2D eigenvalue weighted by atomic mass is 10.0. The van der Waals surface area contributed by atoms with Gasteiger partial charge in [-0.25, -0.2) is 47.1 Å². The second-order valence-corrected chi connectivity index (χ2v) is 17.7. The lowest BCUT2D eigenvalue weighted by Crippen LogP contribution is -2.53. The minimum atomic E-state index is -1.11. The van der Waals surface area contributed by atoms with Crippen molar-refractivity contribution >= 4 is 35.6 Å². The van der Waals surface area contributed by atoms with E-state index in [1.54, 1.807) is 48.5 Å². The molecule has 6 aromatic rings. The Morgan fingerprint density at radius 1 is 0.587 bits per heavy atom. The normalized spacial score (nSPS) is 16.8. The van der Waals surface area contributed by atoms with Gasteiger partial charge in [0.15, 0.2) is 23.7 Å². The van der Waals surface area contributed by atoms with Crippen molar-refractivity contribution in [3.05, 3.63) is 164 Å². The Balaban J connectivity index is 0.000000184. The molecule has 75 heavy (non-hydrogen) atoms. The minimum absolute atomic E-state index is 0.0199. The first-order valence-electron chi connectivity index (χ1n) is 23.6. The van der Waals surface area contributed by atoms with E-state index in [1.165, 1.54) is 29.0 Å². The van der Waals surface area contributed by atoms with Gasteiger partial charge in [-0.1, -0.05) is 60.7 Å². The molecule has 4 aliphatic heterocycles. The highest BCUT2D eigenvalue weighted by Crippen LogP contribution is 2.30. The number of aliphatic carboxylic acids is 1. The molecule has 6 heterocycles. The van der Waals surface area contributed by atoms with Crippen molar-refractivity contribution in [2.45, 2.75) is 50.9 Å². The summed E-state index contributed by atoms with van der Waals surface area (Å²) in [6, 6.07) is 19.4. The molecule has 4 aromatic carbocycles. The molecule has 2 aromatic heterocycles. The van der Waals surface area contributed by atoms with Crippen LogP contribution in [-0.4, -0.2) is 129 Å². The molecule has 10 rings (SSSR count). The quantitative estimate of drug-likeness (QED) is 0.115. The van der Waals surface area contributed by atoms with Crippen LogP contribution in [0.15, 0.2) is 84.9 Å². The van der Waals surface area contributed by atoms with E-state index in [0.717, 1.165) is 41.0 Å². The van der Waals surface area contributed by atoms with Gasteiger partial charge in [-0.3, -0.25) is 19.2 Å². The summed E-state index contributed by atoms with van der Waals surface area (Å²) in [5.74, 6) is -6.33. The summed E-state index contributed by atoms with van der Waals surface area (Å²) < 4.78 is 73.0. The molecular formula is C53H46F4N8O10. The number of rotatable bonds is 12. The number of aromatic nitrogens is 4. The molecule has 2 atom stereocenters. The maximum atomic E-state index is 14.4. The summed E-state index contributed by atoms with van der Waals surface area (Å²) in [5, 5.41) is 14.7. The summed E-state index contributed by atoms with van der Waals surface area (Å²) in [6.07, 6.45) is 0.505. The van der Waals surface area contributed by atoms with E-state index in [0.29, 0.717) is 47.1 Å². The van der Waals surface area contributed by atoms with Gasteiger partial charge in [0.2, 0.25) is 11.8 Å². The Hall–Kier alpha value is -8.50. The van der Waals surface area contributed by atoms with Crippen LogP contribution in [0.25, 0.3) is 22.8 Å². The fraction of sp³-hybridized carbons (Fsp3) is 0.283. The second kappa shape index (κ2) is 22.3. The first-order chi connectivity index (χ1) is 36.2. The number of fused-ring (bicyclic) bond motifs is 2. The summed E-state index contributed by atoms with van der Waals surface area (Å²) in [6.45, 7) is 1.44. The van der Waals surface area contributed by atoms with Gasteiger partial charge < -0.3 is 39.8 Å². The number of hydrogen-bond donors (Lipinski definition) is 3. The molecular weight excluding hydrogens is 985 g/mol. The van der Waals surface area contributed by atoms with Crippen LogP contribution in [0, 0.1) is 23.3 Å². The van der Waals surface area contributed by atoms with E-state index in [4.69, 9.17) is 14.2 Å². The van der Waals surface area contributed by atoms with Gasteiger partial charge in [-0.15, -0.1) is 0 Å². The van der Waals surface area contributed by atoms with Gasteiger partial charge in [0.05, 0.1) is 104 Å². The van der Waals surface area contributed by atoms with E-state index >= 15 is 0 Å². The van der Waals surface area contributed by atoms with Crippen LogP contribution in [0.2, 0.25) is 0 Å². The first kappa shape index (κ1) is 51.4. The van der Waals surface area contributed by atoms with Crippen LogP contribution < -0.4 is 10.6 Å². The van der Waals surface area contributed by atoms with Crippen molar-refractivity contribution in [1.82, 2.24) is 40.4 Å². The Kier molecular flexibility index (Phi) is 15.3. The molecule has 2 fully saturated rings. The third-order valence-electron chi connectivity index (χ3n) is 12.9. The highest BCUT2D eigenvalue weighted by atomic mass is 19.1. The smallest absolute Gasteiger partial charge is 0.331 e. The number of ether oxygens (including phenoxy) is 3. The minimum Gasteiger partial charge on any atom is -0.480 e. The maximum absolute atomic E-state index is 14.4. The lowest BCUT2D eigenvalue weighted by Gasteiger charge is -2.33. The van der Waals surface area contributed by atoms with Gasteiger partial charge in [0, 0.05) is 25.9 Å². The molecule has 4 aliphatic rings. The predicted octanol–water partition coefficient (Wildman–Crippen LogP) is 4.31. The van der Waals surface area contributed by atoms with Crippen molar-refractivity contribution < 1.29 is 65.6 Å². The highest BCUT2D eigenvalue weighted by molar-refractivity contribution is 6.00. The number of methoxy groups -OCH3 is 1. The number of nitrogens with zero attached hydrogens (tertiary/aromatic N) is 6. The van der Waals surface area contributed by atoms with Crippen LogP contribution in [0.1, 0.15) is 65.7 Å². The van der Waals surface area contributed by atoms with Crippen LogP contribution in [0.5, 0.6) is 0 Å². The largest absolute Gasteiger partial charge is 0.480 e. The predicted molar refractivity (Wildman–Crippen MR) is 255 cm³/mol. The number of carboxylic acids is 1. The summed E-state index contributed by atoms with van der Waals surface area (Å²) in [5.41, 5.74) is 4.25. The molecule has 0 bridgehead atoms. The standard InChI is InChI=1S/C27H24F2N4O5.C26H22F2N4O5/c1-37-27(36)21-14-38-10-9-33(21)22(34)12-16-7-5-15(6-8-16)11-19-24-20(13-30-26(24)35)32-25(31-19)23-17(28)3-2-4-18(23)29;27-16-2-1-3-17(28)22(16)24-30-18(23-19(31-24)12-29-25(23)34)10-14-4-6-15(7-5-14)11-21(33)32-8-9-37-13-20(32)26(35)36/h2-8,21H,9-14H2,1H3,(H,30,35);1-7,20H,8-13H2,(H,29,34)(H,35,36)/t21-;20-/m00/s1. The number of carboxylic acid groups (broad SMARTS) is 1. The molecule has 0 saturated carbocycles. The van der Waals surface area contributed by atoms with Crippen molar-refractivity contribution in [3.63, 3.8) is 0 Å². The van der Waals surface area contributed by atoms with E-state index in [2.05, 4.69) is 30.6 Å². The fourth-order valence-corrected chi connectivity index (χ4v) is 9.13. The zero-order valence-electron chi connectivity index (χ0n) is 40.0. The molecule has 0 radical (unpaired) electrons. The third-order valence-corrected chi connectivity index (χ3v) is 12.9. The third kappa shape index (κ3) is 11.2. The van der Waals surface area contributed by atoms with Crippen molar-refractivity contribution in [2.75, 3.05) is 46.6 Å². The Labute approximate surface area is 425 Å². The Bertz CT molecular complexity index is 3200. The van der Waals surface area contributed by atoms with Crippen molar-refractivity contribution in [2.24, 2.45) is 0 Å².